The molecule has 0 radical (unpaired) electrons. The van der Waals surface area contributed by atoms with E-state index in [1.54, 1.807) is 20.2 Å². The maximum absolute atomic E-state index is 14.1. The number of hydrogen-bond donors (Lipinski definition) is 4. The Kier molecular flexibility index (Phi) is 6.88. The number of nitrogens with zero attached hydrogens (tertiary/aromatic N) is 2. The van der Waals surface area contributed by atoms with Crippen molar-refractivity contribution in [2.45, 2.75) is 31.0 Å². The molecule has 3 aliphatic carbocycles. The largest absolute Gasteiger partial charge is 0.507 e. The number of phenolic OH excluding ortho intramolecular Hbond substituents is 1. The molecule has 0 aliphatic heterocycles. The summed E-state index contributed by atoms with van der Waals surface area (Å²) in [5.74, 6) is -10.8. The number of fused-ring (bicyclic) bond motifs is 3. The fourth-order valence-corrected chi connectivity index (χ4v) is 7.08. The lowest BCUT2D eigenvalue weighted by atomic mass is 9.52. The summed E-state index contributed by atoms with van der Waals surface area (Å²) in [6.45, 7) is -0.0748. The van der Waals surface area contributed by atoms with E-state index in [-0.39, 0.29) is 30.7 Å². The third-order valence-corrected chi connectivity index (χ3v) is 9.05. The number of nitrogens with two attached hydrogens (primary N) is 2. The van der Waals surface area contributed by atoms with E-state index >= 15 is 0 Å². The zero-order valence-electron chi connectivity index (χ0n) is 23.4. The van der Waals surface area contributed by atoms with Crippen molar-refractivity contribution in [3.8, 4) is 16.9 Å². The highest BCUT2D eigenvalue weighted by atomic mass is 16.3. The van der Waals surface area contributed by atoms with Crippen LogP contribution in [0.5, 0.6) is 5.75 Å². The molecule has 5 rings (SSSR count). The summed E-state index contributed by atoms with van der Waals surface area (Å²) in [6, 6.07) is 8.22. The molecule has 3 aliphatic rings. The van der Waals surface area contributed by atoms with E-state index in [0.717, 1.165) is 11.3 Å². The Morgan fingerprint density at radius 2 is 1.68 bits per heavy atom. The van der Waals surface area contributed by atoms with E-state index in [1.807, 2.05) is 43.3 Å². The van der Waals surface area contributed by atoms with Crippen LogP contribution in [-0.2, 0) is 32.1 Å². The predicted molar refractivity (Wildman–Crippen MR) is 149 cm³/mol. The number of aromatic hydroxyl groups is 1. The van der Waals surface area contributed by atoms with Crippen LogP contribution in [0.3, 0.4) is 0 Å². The molecule has 41 heavy (non-hydrogen) atoms. The number of carbonyl (C=O) groups excluding carboxylic acids is 5. The lowest BCUT2D eigenvalue weighted by Gasteiger charge is -2.52. The summed E-state index contributed by atoms with van der Waals surface area (Å²) in [5, 5.41) is 22.9. The fraction of sp³-hybridized carbons (Fsp3) is 0.433. The van der Waals surface area contributed by atoms with Gasteiger partial charge in [0.2, 0.25) is 5.91 Å². The fourth-order valence-electron chi connectivity index (χ4n) is 7.08. The Labute approximate surface area is 237 Å². The van der Waals surface area contributed by atoms with Crippen LogP contribution in [0, 0.1) is 23.7 Å². The standard InChI is InChI=1S/C30H34N4O7/c1-33(2)16-7-5-13(6-8-16)17-10-15(12-31)24(35)21-18(17)9-14-11-19-23(34(3)4)26(37)22(29(32)40)28(39)30(19,41)27(38)20(14)25(21)36/h5-8,10,14,19-20,22-23,35,41H,9,11-12,31H2,1-4H3,(H2,32,40)/t14-,19-,20?,22?,23?,30-/m0/s1. The van der Waals surface area contributed by atoms with Crippen LogP contribution in [0.1, 0.15) is 27.9 Å². The maximum atomic E-state index is 14.1. The van der Waals surface area contributed by atoms with Gasteiger partial charge in [0.05, 0.1) is 17.5 Å². The smallest absolute Gasteiger partial charge is 0.235 e. The van der Waals surface area contributed by atoms with Crippen LogP contribution in [0.2, 0.25) is 0 Å². The first-order valence-corrected chi connectivity index (χ1v) is 13.5. The number of Topliss-reactive ketones (excluding diaryl/α,β-unsaturated/α-hetero) is 4. The van der Waals surface area contributed by atoms with Gasteiger partial charge in [0, 0.05) is 37.8 Å². The molecule has 11 heteroatoms. The SMILES string of the molecule is CN(C)c1ccc(-c2cc(CN)c(O)c3c2C[C@H]2C[C@H]4C(N(C)C)C(=O)C(C(N)=O)C(=O)[C@@]4(O)C(=O)C2C3=O)cc1. The van der Waals surface area contributed by atoms with Crippen LogP contribution in [-0.4, -0.2) is 84.0 Å². The van der Waals surface area contributed by atoms with E-state index in [2.05, 4.69) is 0 Å². The van der Waals surface area contributed by atoms with Crippen LogP contribution in [0.4, 0.5) is 5.69 Å². The predicted octanol–water partition coefficient (Wildman–Crippen LogP) is 0.0587. The number of anilines is 1. The molecule has 0 bridgehead atoms. The summed E-state index contributed by atoms with van der Waals surface area (Å²) in [7, 11) is 6.93. The molecular weight excluding hydrogens is 528 g/mol. The van der Waals surface area contributed by atoms with Gasteiger partial charge in [-0.15, -0.1) is 0 Å². The third-order valence-electron chi connectivity index (χ3n) is 9.05. The Morgan fingerprint density at radius 1 is 1.05 bits per heavy atom. The molecule has 2 aromatic rings. The minimum Gasteiger partial charge on any atom is -0.507 e. The van der Waals surface area contributed by atoms with Gasteiger partial charge in [0.15, 0.2) is 34.7 Å². The monoisotopic (exact) mass is 562 g/mol. The van der Waals surface area contributed by atoms with Crippen molar-refractivity contribution in [3.63, 3.8) is 0 Å². The second-order valence-electron chi connectivity index (χ2n) is 11.7. The second-order valence-corrected chi connectivity index (χ2v) is 11.7. The number of amides is 1. The molecular formula is C30H34N4O7. The molecule has 216 valence electrons. The summed E-state index contributed by atoms with van der Waals surface area (Å²) in [5.41, 5.74) is 11.7. The first kappa shape index (κ1) is 28.6. The normalized spacial score (nSPS) is 29.2. The summed E-state index contributed by atoms with van der Waals surface area (Å²) in [4.78, 5) is 70.4. The number of ketones is 4. The lowest BCUT2D eigenvalue weighted by molar-refractivity contribution is -0.181. The lowest BCUT2D eigenvalue weighted by Crippen LogP contribution is -2.74. The molecule has 2 fully saturated rings. The molecule has 3 unspecified atom stereocenters. The molecule has 11 nitrogen and oxygen atoms in total. The van der Waals surface area contributed by atoms with Gasteiger partial charge in [0.25, 0.3) is 0 Å². The first-order valence-electron chi connectivity index (χ1n) is 13.5. The van der Waals surface area contributed by atoms with Gasteiger partial charge in [-0.2, -0.15) is 0 Å². The number of hydrogen-bond acceptors (Lipinski definition) is 10. The quantitative estimate of drug-likeness (QED) is 0.363. The second kappa shape index (κ2) is 9.86. The zero-order valence-corrected chi connectivity index (χ0v) is 23.4. The van der Waals surface area contributed by atoms with E-state index in [9.17, 15) is 34.2 Å². The highest BCUT2D eigenvalue weighted by Crippen LogP contribution is 2.52. The summed E-state index contributed by atoms with van der Waals surface area (Å²) < 4.78 is 0. The van der Waals surface area contributed by atoms with Crippen molar-refractivity contribution >= 4 is 34.7 Å². The number of carbonyl (C=O) groups is 5. The molecule has 2 saturated carbocycles. The van der Waals surface area contributed by atoms with Gasteiger partial charge in [-0.3, -0.25) is 28.9 Å². The number of phenols is 1. The Morgan fingerprint density at radius 3 is 2.22 bits per heavy atom. The molecule has 2 aromatic carbocycles. The number of likely N-dealkylation sites (N-methyl/N-ethyl adjacent to an activating group) is 1. The van der Waals surface area contributed by atoms with Crippen molar-refractivity contribution in [2.75, 3.05) is 33.1 Å². The van der Waals surface area contributed by atoms with Crippen LogP contribution >= 0.6 is 0 Å². The van der Waals surface area contributed by atoms with Gasteiger partial charge < -0.3 is 26.6 Å². The van der Waals surface area contributed by atoms with Crippen molar-refractivity contribution in [2.24, 2.45) is 35.1 Å². The van der Waals surface area contributed by atoms with Crippen LogP contribution in [0.15, 0.2) is 30.3 Å². The maximum Gasteiger partial charge on any atom is 0.235 e. The van der Waals surface area contributed by atoms with Crippen molar-refractivity contribution in [1.29, 1.82) is 0 Å². The third kappa shape index (κ3) is 4.02. The van der Waals surface area contributed by atoms with Crippen LogP contribution < -0.4 is 16.4 Å². The number of primary amides is 1. The van der Waals surface area contributed by atoms with Gasteiger partial charge in [0.1, 0.15) is 5.75 Å². The Balaban J connectivity index is 1.68. The first-order chi connectivity index (χ1) is 19.2. The molecule has 6 atom stereocenters. The summed E-state index contributed by atoms with van der Waals surface area (Å²) in [6.07, 6.45) is 0.164. The zero-order chi connectivity index (χ0) is 30.1. The van der Waals surface area contributed by atoms with Crippen LogP contribution in [0.25, 0.3) is 11.1 Å². The average molecular weight is 563 g/mol. The van der Waals surface area contributed by atoms with Crippen molar-refractivity contribution < 1.29 is 34.2 Å². The van der Waals surface area contributed by atoms with E-state index in [4.69, 9.17) is 11.5 Å². The summed E-state index contributed by atoms with van der Waals surface area (Å²) >= 11 is 0. The highest BCUT2D eigenvalue weighted by Gasteiger charge is 2.69. The van der Waals surface area contributed by atoms with Crippen molar-refractivity contribution in [1.82, 2.24) is 4.90 Å². The molecule has 0 heterocycles. The molecule has 0 spiro atoms. The van der Waals surface area contributed by atoms with E-state index in [0.29, 0.717) is 16.7 Å². The van der Waals surface area contributed by atoms with E-state index in [1.165, 1.54) is 4.90 Å². The average Bonchev–Trinajstić information content (AvgIpc) is 2.90. The molecule has 6 N–H and O–H groups in total. The Hall–Kier alpha value is -3.93. The topological polar surface area (TPSA) is 184 Å². The van der Waals surface area contributed by atoms with Gasteiger partial charge >= 0.3 is 0 Å². The minimum atomic E-state index is -2.76. The van der Waals surface area contributed by atoms with E-state index < -0.39 is 64.4 Å². The van der Waals surface area contributed by atoms with Gasteiger partial charge in [-0.25, -0.2) is 0 Å². The highest BCUT2D eigenvalue weighted by molar-refractivity contribution is 6.32. The molecule has 0 aromatic heterocycles. The number of rotatable bonds is 5. The number of aliphatic hydroxyl groups is 1. The number of benzene rings is 2. The molecule has 1 amide bonds. The molecule has 0 saturated heterocycles. The minimum absolute atomic E-state index is 0.0116. The van der Waals surface area contributed by atoms with Gasteiger partial charge in [-0.05, 0) is 67.7 Å². The van der Waals surface area contributed by atoms with Gasteiger partial charge in [-0.1, -0.05) is 12.1 Å². The van der Waals surface area contributed by atoms with Crippen molar-refractivity contribution in [3.05, 3.63) is 47.0 Å². The Bertz CT molecular complexity index is 1500.